The summed E-state index contributed by atoms with van der Waals surface area (Å²) in [5, 5.41) is 2.99. The highest BCUT2D eigenvalue weighted by Crippen LogP contribution is 2.22. The van der Waals surface area contributed by atoms with Gasteiger partial charge in [-0.05, 0) is 38.7 Å². The number of amides is 1. The van der Waals surface area contributed by atoms with Gasteiger partial charge in [-0.1, -0.05) is 6.08 Å². The van der Waals surface area contributed by atoms with Crippen molar-refractivity contribution in [3.05, 3.63) is 30.7 Å². The van der Waals surface area contributed by atoms with Crippen molar-refractivity contribution < 1.29 is 9.53 Å². The number of hydrogen-bond donors (Lipinski definition) is 1. The SMILES string of the molecule is C/C=C/C(=O)NC1CCC(Oc2cnccn2)CC1. The fraction of sp³-hybridized carbons (Fsp3) is 0.500. The van der Waals surface area contributed by atoms with E-state index in [1.807, 2.05) is 6.92 Å². The number of nitrogens with zero attached hydrogens (tertiary/aromatic N) is 2. The molecule has 1 N–H and O–H groups in total. The predicted molar refractivity (Wildman–Crippen MR) is 71.7 cm³/mol. The van der Waals surface area contributed by atoms with E-state index < -0.39 is 0 Å². The molecule has 1 aliphatic rings. The molecule has 5 nitrogen and oxygen atoms in total. The smallest absolute Gasteiger partial charge is 0.243 e. The van der Waals surface area contributed by atoms with E-state index in [9.17, 15) is 4.79 Å². The molecule has 1 aromatic rings. The van der Waals surface area contributed by atoms with Crippen LogP contribution in [0.25, 0.3) is 0 Å². The lowest BCUT2D eigenvalue weighted by Gasteiger charge is -2.28. The molecule has 1 aliphatic carbocycles. The number of nitrogens with one attached hydrogen (secondary N) is 1. The highest BCUT2D eigenvalue weighted by molar-refractivity contribution is 5.87. The maximum atomic E-state index is 11.4. The van der Waals surface area contributed by atoms with E-state index in [0.717, 1.165) is 25.7 Å². The predicted octanol–water partition coefficient (Wildman–Crippen LogP) is 1.86. The van der Waals surface area contributed by atoms with E-state index in [1.165, 1.54) is 0 Å². The van der Waals surface area contributed by atoms with E-state index in [2.05, 4.69) is 15.3 Å². The van der Waals surface area contributed by atoms with Crippen molar-refractivity contribution in [2.45, 2.75) is 44.8 Å². The summed E-state index contributed by atoms with van der Waals surface area (Å²) in [7, 11) is 0. The average Bonchev–Trinajstić information content (AvgIpc) is 2.42. The highest BCUT2D eigenvalue weighted by Gasteiger charge is 2.23. The Hall–Kier alpha value is -1.91. The number of allylic oxidation sites excluding steroid dienone is 1. The summed E-state index contributed by atoms with van der Waals surface area (Å²) in [5.74, 6) is 0.560. The highest BCUT2D eigenvalue weighted by atomic mass is 16.5. The molecular formula is C14H19N3O2. The molecule has 1 heterocycles. The van der Waals surface area contributed by atoms with E-state index in [4.69, 9.17) is 4.74 Å². The Kier molecular flexibility index (Phi) is 4.89. The lowest BCUT2D eigenvalue weighted by molar-refractivity contribution is -0.117. The minimum Gasteiger partial charge on any atom is -0.473 e. The number of hydrogen-bond acceptors (Lipinski definition) is 4. The normalized spacial score (nSPS) is 23.2. The summed E-state index contributed by atoms with van der Waals surface area (Å²) >= 11 is 0. The van der Waals surface area contributed by atoms with Crippen LogP contribution in [0.4, 0.5) is 0 Å². The second-order valence-corrected chi connectivity index (χ2v) is 4.64. The first-order valence-corrected chi connectivity index (χ1v) is 6.64. The molecule has 0 radical (unpaired) electrons. The number of carbonyl (C=O) groups excluding carboxylic acids is 1. The van der Waals surface area contributed by atoms with Crippen LogP contribution < -0.4 is 10.1 Å². The maximum absolute atomic E-state index is 11.4. The topological polar surface area (TPSA) is 64.1 Å². The summed E-state index contributed by atoms with van der Waals surface area (Å²) < 4.78 is 5.76. The summed E-state index contributed by atoms with van der Waals surface area (Å²) in [6.07, 6.45) is 12.1. The Bertz CT molecular complexity index is 426. The zero-order valence-corrected chi connectivity index (χ0v) is 11.1. The largest absolute Gasteiger partial charge is 0.473 e. The molecule has 1 saturated carbocycles. The first kappa shape index (κ1) is 13.5. The molecule has 0 atom stereocenters. The maximum Gasteiger partial charge on any atom is 0.243 e. The van der Waals surface area contributed by atoms with Crippen LogP contribution >= 0.6 is 0 Å². The van der Waals surface area contributed by atoms with Gasteiger partial charge in [-0.2, -0.15) is 0 Å². The summed E-state index contributed by atoms with van der Waals surface area (Å²) in [6.45, 7) is 1.84. The Balaban J connectivity index is 1.75. The van der Waals surface area contributed by atoms with Gasteiger partial charge in [-0.3, -0.25) is 9.78 Å². The van der Waals surface area contributed by atoms with Crippen molar-refractivity contribution in [2.75, 3.05) is 0 Å². The van der Waals surface area contributed by atoms with Crippen LogP contribution in [0.15, 0.2) is 30.7 Å². The minimum absolute atomic E-state index is 0.0132. The summed E-state index contributed by atoms with van der Waals surface area (Å²) in [4.78, 5) is 19.5. The Morgan fingerprint density at radius 3 is 2.79 bits per heavy atom. The van der Waals surface area contributed by atoms with Crippen molar-refractivity contribution in [3.8, 4) is 5.88 Å². The molecule has 1 aromatic heterocycles. The lowest BCUT2D eigenvalue weighted by atomic mass is 9.93. The van der Waals surface area contributed by atoms with Crippen LogP contribution in [0.2, 0.25) is 0 Å². The molecule has 0 aromatic carbocycles. The van der Waals surface area contributed by atoms with Gasteiger partial charge in [0, 0.05) is 18.4 Å². The molecule has 1 fully saturated rings. The van der Waals surface area contributed by atoms with Gasteiger partial charge in [-0.25, -0.2) is 4.98 Å². The Morgan fingerprint density at radius 2 is 2.16 bits per heavy atom. The zero-order valence-electron chi connectivity index (χ0n) is 11.1. The minimum atomic E-state index is -0.0132. The quantitative estimate of drug-likeness (QED) is 0.840. The van der Waals surface area contributed by atoms with Gasteiger partial charge in [0.1, 0.15) is 6.10 Å². The van der Waals surface area contributed by atoms with E-state index in [-0.39, 0.29) is 18.1 Å². The first-order chi connectivity index (χ1) is 9.28. The molecule has 0 unspecified atom stereocenters. The molecule has 19 heavy (non-hydrogen) atoms. The van der Waals surface area contributed by atoms with Crippen LogP contribution in [0.5, 0.6) is 5.88 Å². The van der Waals surface area contributed by atoms with Crippen LogP contribution in [0.3, 0.4) is 0 Å². The van der Waals surface area contributed by atoms with Gasteiger partial charge in [0.25, 0.3) is 0 Å². The van der Waals surface area contributed by atoms with Crippen LogP contribution in [0.1, 0.15) is 32.6 Å². The van der Waals surface area contributed by atoms with Crippen molar-refractivity contribution in [2.24, 2.45) is 0 Å². The van der Waals surface area contributed by atoms with Gasteiger partial charge < -0.3 is 10.1 Å². The molecule has 0 bridgehead atoms. The summed E-state index contributed by atoms with van der Waals surface area (Å²) in [6, 6.07) is 0.255. The number of rotatable bonds is 4. The lowest BCUT2D eigenvalue weighted by Crippen LogP contribution is -2.39. The van der Waals surface area contributed by atoms with Gasteiger partial charge in [0.2, 0.25) is 11.8 Å². The number of ether oxygens (including phenoxy) is 1. The molecule has 0 spiro atoms. The van der Waals surface area contributed by atoms with Gasteiger partial charge >= 0.3 is 0 Å². The second-order valence-electron chi connectivity index (χ2n) is 4.64. The standard InChI is InChI=1S/C14H19N3O2/c1-2-3-13(18)17-11-4-6-12(7-5-11)19-14-10-15-8-9-16-14/h2-3,8-12H,4-7H2,1H3,(H,17,18)/b3-2+. The van der Waals surface area contributed by atoms with Crippen LogP contribution in [-0.2, 0) is 4.79 Å². The van der Waals surface area contributed by atoms with Crippen molar-refractivity contribution in [1.29, 1.82) is 0 Å². The molecule has 1 amide bonds. The van der Waals surface area contributed by atoms with Crippen molar-refractivity contribution >= 4 is 5.91 Å². The third-order valence-electron chi connectivity index (χ3n) is 3.17. The monoisotopic (exact) mass is 261 g/mol. The summed E-state index contributed by atoms with van der Waals surface area (Å²) in [5.41, 5.74) is 0. The van der Waals surface area contributed by atoms with Gasteiger partial charge in [0.05, 0.1) is 6.20 Å². The van der Waals surface area contributed by atoms with E-state index >= 15 is 0 Å². The Morgan fingerprint density at radius 1 is 1.37 bits per heavy atom. The number of carbonyl (C=O) groups is 1. The average molecular weight is 261 g/mol. The number of aromatic nitrogens is 2. The fourth-order valence-corrected chi connectivity index (χ4v) is 2.24. The van der Waals surface area contributed by atoms with Crippen molar-refractivity contribution in [3.63, 3.8) is 0 Å². The molecular weight excluding hydrogens is 242 g/mol. The van der Waals surface area contributed by atoms with Crippen LogP contribution in [-0.4, -0.2) is 28.0 Å². The van der Waals surface area contributed by atoms with Crippen LogP contribution in [0, 0.1) is 0 Å². The molecule has 0 saturated heterocycles. The van der Waals surface area contributed by atoms with Crippen molar-refractivity contribution in [1.82, 2.24) is 15.3 Å². The third kappa shape index (κ3) is 4.35. The zero-order chi connectivity index (χ0) is 13.5. The van der Waals surface area contributed by atoms with Gasteiger partial charge in [0.15, 0.2) is 0 Å². The fourth-order valence-electron chi connectivity index (χ4n) is 2.24. The first-order valence-electron chi connectivity index (χ1n) is 6.64. The van der Waals surface area contributed by atoms with E-state index in [1.54, 1.807) is 30.7 Å². The second kappa shape index (κ2) is 6.87. The molecule has 5 heteroatoms. The molecule has 2 rings (SSSR count). The molecule has 0 aliphatic heterocycles. The third-order valence-corrected chi connectivity index (χ3v) is 3.17. The van der Waals surface area contributed by atoms with E-state index in [0.29, 0.717) is 5.88 Å². The van der Waals surface area contributed by atoms with Gasteiger partial charge in [-0.15, -0.1) is 0 Å². The molecule has 102 valence electrons. The Labute approximate surface area is 113 Å².